The van der Waals surface area contributed by atoms with Crippen LogP contribution in [0.25, 0.3) is 0 Å². The van der Waals surface area contributed by atoms with Crippen LogP contribution in [0.15, 0.2) is 54.6 Å². The first-order chi connectivity index (χ1) is 7.36. The summed E-state index contributed by atoms with van der Waals surface area (Å²) in [4.78, 5) is 0. The minimum atomic E-state index is 0.341. The van der Waals surface area contributed by atoms with Crippen LogP contribution in [0.3, 0.4) is 0 Å². The van der Waals surface area contributed by atoms with E-state index in [4.69, 9.17) is 0 Å². The molecular formula is C14H13O. The van der Waals surface area contributed by atoms with Gasteiger partial charge in [0.25, 0.3) is 0 Å². The van der Waals surface area contributed by atoms with Gasteiger partial charge in [-0.05, 0) is 30.0 Å². The number of phenols is 1. The summed E-state index contributed by atoms with van der Waals surface area (Å²) in [5.74, 6) is 0.341. The Balaban J connectivity index is 2.03. The Morgan fingerprint density at radius 3 is 2.27 bits per heavy atom. The fourth-order valence-corrected chi connectivity index (χ4v) is 1.50. The molecule has 1 N–H and O–H groups in total. The quantitative estimate of drug-likeness (QED) is 0.801. The minimum absolute atomic E-state index is 0.341. The predicted octanol–water partition coefficient (Wildman–Crippen LogP) is 3.19. The molecule has 0 unspecified atom stereocenters. The van der Waals surface area contributed by atoms with Crippen LogP contribution in [0.2, 0.25) is 0 Å². The van der Waals surface area contributed by atoms with Gasteiger partial charge in [0.1, 0.15) is 5.75 Å². The third-order valence-corrected chi connectivity index (χ3v) is 2.34. The Morgan fingerprint density at radius 1 is 0.867 bits per heavy atom. The lowest BCUT2D eigenvalue weighted by Crippen LogP contribution is -1.88. The van der Waals surface area contributed by atoms with E-state index in [0.29, 0.717) is 5.75 Å². The lowest BCUT2D eigenvalue weighted by molar-refractivity contribution is 0.471. The zero-order valence-electron chi connectivity index (χ0n) is 8.43. The first kappa shape index (κ1) is 9.78. The molecule has 1 radical (unpaired) electrons. The third kappa shape index (κ3) is 2.59. The van der Waals surface area contributed by atoms with Crippen molar-refractivity contribution in [1.82, 2.24) is 0 Å². The van der Waals surface area contributed by atoms with Crippen molar-refractivity contribution in [1.29, 1.82) is 0 Å². The monoisotopic (exact) mass is 197 g/mol. The van der Waals surface area contributed by atoms with E-state index < -0.39 is 0 Å². The van der Waals surface area contributed by atoms with Gasteiger partial charge in [-0.3, -0.25) is 0 Å². The van der Waals surface area contributed by atoms with E-state index in [9.17, 15) is 5.11 Å². The number of hydrogen-bond acceptors (Lipinski definition) is 1. The maximum Gasteiger partial charge on any atom is 0.119 e. The molecule has 0 spiro atoms. The lowest BCUT2D eigenvalue weighted by Gasteiger charge is -2.03. The highest BCUT2D eigenvalue weighted by atomic mass is 16.3. The van der Waals surface area contributed by atoms with Gasteiger partial charge in [-0.15, -0.1) is 0 Å². The zero-order valence-corrected chi connectivity index (χ0v) is 8.43. The Hall–Kier alpha value is -1.76. The summed E-state index contributed by atoms with van der Waals surface area (Å²) in [6, 6.07) is 17.6. The van der Waals surface area contributed by atoms with E-state index in [1.54, 1.807) is 6.07 Å². The summed E-state index contributed by atoms with van der Waals surface area (Å²) >= 11 is 0. The van der Waals surface area contributed by atoms with Crippen LogP contribution in [0, 0.1) is 6.42 Å². The van der Waals surface area contributed by atoms with Gasteiger partial charge in [0.15, 0.2) is 0 Å². The van der Waals surface area contributed by atoms with Crippen LogP contribution < -0.4 is 0 Å². The molecule has 2 rings (SSSR count). The second-order valence-corrected chi connectivity index (χ2v) is 3.45. The number of aromatic hydroxyl groups is 1. The van der Waals surface area contributed by atoms with E-state index in [0.717, 1.165) is 12.0 Å². The van der Waals surface area contributed by atoms with Gasteiger partial charge in [-0.25, -0.2) is 0 Å². The van der Waals surface area contributed by atoms with Crippen molar-refractivity contribution in [2.75, 3.05) is 0 Å². The highest BCUT2D eigenvalue weighted by Gasteiger charge is 2.00. The van der Waals surface area contributed by atoms with Crippen molar-refractivity contribution in [2.24, 2.45) is 0 Å². The second-order valence-electron chi connectivity index (χ2n) is 3.45. The molecule has 1 nitrogen and oxygen atoms in total. The summed E-state index contributed by atoms with van der Waals surface area (Å²) in [5.41, 5.74) is 2.14. The first-order valence-electron chi connectivity index (χ1n) is 5.01. The Kier molecular flexibility index (Phi) is 3.03. The highest BCUT2D eigenvalue weighted by molar-refractivity contribution is 5.38. The smallest absolute Gasteiger partial charge is 0.119 e. The van der Waals surface area contributed by atoms with Gasteiger partial charge in [0.2, 0.25) is 0 Å². The second kappa shape index (κ2) is 4.65. The SMILES string of the molecule is Oc1ccccc1[CH]Cc1ccccc1. The Labute approximate surface area is 90.0 Å². The fourth-order valence-electron chi connectivity index (χ4n) is 1.50. The van der Waals surface area contributed by atoms with Crippen LogP contribution in [0.1, 0.15) is 11.1 Å². The van der Waals surface area contributed by atoms with Crippen molar-refractivity contribution in [2.45, 2.75) is 6.42 Å². The fraction of sp³-hybridized carbons (Fsp3) is 0.0714. The number of rotatable bonds is 3. The molecule has 1 heteroatoms. The summed E-state index contributed by atoms with van der Waals surface area (Å²) in [7, 11) is 0. The molecule has 0 aliphatic heterocycles. The molecule has 0 bridgehead atoms. The van der Waals surface area contributed by atoms with Gasteiger partial charge in [0.05, 0.1) is 0 Å². The molecule has 0 aliphatic rings. The van der Waals surface area contributed by atoms with Crippen molar-refractivity contribution in [3.05, 3.63) is 72.1 Å². The predicted molar refractivity (Wildman–Crippen MR) is 61.7 cm³/mol. The molecule has 0 heterocycles. The van der Waals surface area contributed by atoms with Crippen molar-refractivity contribution in [3.8, 4) is 5.75 Å². The molecule has 75 valence electrons. The third-order valence-electron chi connectivity index (χ3n) is 2.34. The van der Waals surface area contributed by atoms with Gasteiger partial charge in [-0.1, -0.05) is 48.5 Å². The van der Waals surface area contributed by atoms with E-state index in [-0.39, 0.29) is 0 Å². The van der Waals surface area contributed by atoms with E-state index >= 15 is 0 Å². The first-order valence-corrected chi connectivity index (χ1v) is 5.01. The molecule has 0 amide bonds. The lowest BCUT2D eigenvalue weighted by atomic mass is 10.0. The summed E-state index contributed by atoms with van der Waals surface area (Å²) in [5, 5.41) is 9.56. The van der Waals surface area contributed by atoms with Crippen LogP contribution in [-0.2, 0) is 6.42 Å². The van der Waals surface area contributed by atoms with Gasteiger partial charge in [-0.2, -0.15) is 0 Å². The topological polar surface area (TPSA) is 20.2 Å². The summed E-state index contributed by atoms with van der Waals surface area (Å²) in [6.07, 6.45) is 2.88. The van der Waals surface area contributed by atoms with Crippen molar-refractivity contribution >= 4 is 0 Å². The molecular weight excluding hydrogens is 184 g/mol. The molecule has 0 saturated heterocycles. The standard InChI is InChI=1S/C14H13O/c15-14-9-5-4-8-13(14)11-10-12-6-2-1-3-7-12/h1-9,11,15H,10H2. The van der Waals surface area contributed by atoms with Crippen LogP contribution >= 0.6 is 0 Å². The summed E-state index contributed by atoms with van der Waals surface area (Å²) < 4.78 is 0. The van der Waals surface area contributed by atoms with Crippen LogP contribution in [0.4, 0.5) is 0 Å². The minimum Gasteiger partial charge on any atom is -0.508 e. The van der Waals surface area contributed by atoms with Gasteiger partial charge in [0, 0.05) is 0 Å². The molecule has 0 aliphatic carbocycles. The number of phenolic OH excluding ortho intramolecular Hbond substituents is 1. The Bertz CT molecular complexity index is 420. The van der Waals surface area contributed by atoms with Crippen LogP contribution in [-0.4, -0.2) is 5.11 Å². The van der Waals surface area contributed by atoms with Gasteiger partial charge < -0.3 is 5.11 Å². The maximum absolute atomic E-state index is 9.56. The number of benzene rings is 2. The number of para-hydroxylation sites is 1. The normalized spacial score (nSPS) is 10.1. The molecule has 0 saturated carbocycles. The van der Waals surface area contributed by atoms with E-state index in [1.807, 2.05) is 42.8 Å². The summed E-state index contributed by atoms with van der Waals surface area (Å²) in [6.45, 7) is 0. The van der Waals surface area contributed by atoms with Crippen molar-refractivity contribution in [3.63, 3.8) is 0 Å². The van der Waals surface area contributed by atoms with Crippen LogP contribution in [0.5, 0.6) is 5.75 Å². The largest absolute Gasteiger partial charge is 0.508 e. The molecule has 15 heavy (non-hydrogen) atoms. The molecule has 0 atom stereocenters. The Morgan fingerprint density at radius 2 is 1.53 bits per heavy atom. The molecule has 2 aromatic rings. The average molecular weight is 197 g/mol. The molecule has 0 aromatic heterocycles. The van der Waals surface area contributed by atoms with Crippen molar-refractivity contribution < 1.29 is 5.11 Å². The molecule has 2 aromatic carbocycles. The van der Waals surface area contributed by atoms with Gasteiger partial charge >= 0.3 is 0 Å². The molecule has 0 fully saturated rings. The zero-order chi connectivity index (χ0) is 10.5. The van der Waals surface area contributed by atoms with E-state index in [2.05, 4.69) is 12.1 Å². The highest BCUT2D eigenvalue weighted by Crippen LogP contribution is 2.19. The maximum atomic E-state index is 9.56. The average Bonchev–Trinajstić information content (AvgIpc) is 2.29. The van der Waals surface area contributed by atoms with E-state index in [1.165, 1.54) is 5.56 Å². The number of hydrogen-bond donors (Lipinski definition) is 1.